The number of amides is 1. The first-order chi connectivity index (χ1) is 11.7. The van der Waals surface area contributed by atoms with E-state index in [1.165, 1.54) is 13.4 Å². The van der Waals surface area contributed by atoms with E-state index in [-0.39, 0.29) is 12.3 Å². The Morgan fingerprint density at radius 2 is 2.04 bits per heavy atom. The monoisotopic (exact) mass is 343 g/mol. The SMILES string of the molecule is COc1c(Cl)cccc1NC(=O)Cc1ccc(-n2cnnn2)cc1. The second kappa shape index (κ2) is 7.10. The largest absolute Gasteiger partial charge is 0.493 e. The van der Waals surface area contributed by atoms with Crippen molar-refractivity contribution in [3.63, 3.8) is 0 Å². The smallest absolute Gasteiger partial charge is 0.228 e. The highest BCUT2D eigenvalue weighted by atomic mass is 35.5. The fraction of sp³-hybridized carbons (Fsp3) is 0.125. The molecule has 0 fully saturated rings. The number of carbonyl (C=O) groups excluding carboxylic acids is 1. The number of nitrogens with one attached hydrogen (secondary N) is 1. The van der Waals surface area contributed by atoms with Crippen molar-refractivity contribution in [2.45, 2.75) is 6.42 Å². The predicted molar refractivity (Wildman–Crippen MR) is 89.5 cm³/mol. The molecule has 0 aliphatic carbocycles. The average Bonchev–Trinajstić information content (AvgIpc) is 3.10. The van der Waals surface area contributed by atoms with Crippen LogP contribution in [0.15, 0.2) is 48.8 Å². The summed E-state index contributed by atoms with van der Waals surface area (Å²) in [5.41, 5.74) is 2.23. The van der Waals surface area contributed by atoms with Gasteiger partial charge in [-0.15, -0.1) is 5.10 Å². The van der Waals surface area contributed by atoms with Crippen LogP contribution in [0.1, 0.15) is 5.56 Å². The van der Waals surface area contributed by atoms with E-state index in [0.717, 1.165) is 11.3 Å². The van der Waals surface area contributed by atoms with Gasteiger partial charge in [0.05, 0.1) is 29.9 Å². The Bertz CT molecular complexity index is 834. The molecule has 2 aromatic carbocycles. The van der Waals surface area contributed by atoms with Gasteiger partial charge in [-0.2, -0.15) is 0 Å². The number of hydrogen-bond donors (Lipinski definition) is 1. The highest BCUT2D eigenvalue weighted by Gasteiger charge is 2.11. The van der Waals surface area contributed by atoms with Crippen molar-refractivity contribution in [1.29, 1.82) is 0 Å². The van der Waals surface area contributed by atoms with Crippen LogP contribution < -0.4 is 10.1 Å². The van der Waals surface area contributed by atoms with Crippen molar-refractivity contribution < 1.29 is 9.53 Å². The Balaban J connectivity index is 1.68. The molecule has 1 aromatic heterocycles. The van der Waals surface area contributed by atoms with Crippen LogP contribution in [0.2, 0.25) is 5.02 Å². The van der Waals surface area contributed by atoms with E-state index in [4.69, 9.17) is 16.3 Å². The van der Waals surface area contributed by atoms with Gasteiger partial charge in [0.15, 0.2) is 5.75 Å². The molecule has 0 spiro atoms. The van der Waals surface area contributed by atoms with Gasteiger partial charge in [0.1, 0.15) is 6.33 Å². The third kappa shape index (κ3) is 3.52. The lowest BCUT2D eigenvalue weighted by Crippen LogP contribution is -2.15. The lowest BCUT2D eigenvalue weighted by molar-refractivity contribution is -0.115. The predicted octanol–water partition coefficient (Wildman–Crippen LogP) is 2.51. The zero-order chi connectivity index (χ0) is 16.9. The van der Waals surface area contributed by atoms with Crippen LogP contribution in [-0.4, -0.2) is 33.2 Å². The first kappa shape index (κ1) is 15.9. The summed E-state index contributed by atoms with van der Waals surface area (Å²) in [5, 5.41) is 14.2. The molecule has 24 heavy (non-hydrogen) atoms. The Kier molecular flexibility index (Phi) is 4.72. The molecule has 3 rings (SSSR count). The number of anilines is 1. The third-order valence-corrected chi connectivity index (χ3v) is 3.66. The quantitative estimate of drug-likeness (QED) is 0.769. The number of methoxy groups -OCH3 is 1. The van der Waals surface area contributed by atoms with Gasteiger partial charge in [-0.3, -0.25) is 4.79 Å². The number of aromatic nitrogens is 4. The molecule has 0 atom stereocenters. The van der Waals surface area contributed by atoms with Crippen LogP contribution >= 0.6 is 11.6 Å². The molecule has 1 N–H and O–H groups in total. The van der Waals surface area contributed by atoms with Gasteiger partial charge in [-0.1, -0.05) is 29.8 Å². The average molecular weight is 344 g/mol. The molecule has 122 valence electrons. The molecular weight excluding hydrogens is 330 g/mol. The summed E-state index contributed by atoms with van der Waals surface area (Å²) in [6.45, 7) is 0. The van der Waals surface area contributed by atoms with Crippen molar-refractivity contribution in [2.24, 2.45) is 0 Å². The fourth-order valence-electron chi connectivity index (χ4n) is 2.24. The van der Waals surface area contributed by atoms with Crippen molar-refractivity contribution in [1.82, 2.24) is 20.2 Å². The highest BCUT2D eigenvalue weighted by Crippen LogP contribution is 2.32. The minimum Gasteiger partial charge on any atom is -0.493 e. The Morgan fingerprint density at radius 3 is 2.71 bits per heavy atom. The van der Waals surface area contributed by atoms with Crippen LogP contribution in [0.4, 0.5) is 5.69 Å². The molecule has 1 heterocycles. The lowest BCUT2D eigenvalue weighted by Gasteiger charge is -2.11. The molecule has 7 nitrogen and oxygen atoms in total. The molecule has 0 aliphatic heterocycles. The summed E-state index contributed by atoms with van der Waals surface area (Å²) < 4.78 is 6.76. The molecule has 3 aromatic rings. The molecule has 0 saturated carbocycles. The summed E-state index contributed by atoms with van der Waals surface area (Å²) in [6.07, 6.45) is 1.73. The second-order valence-electron chi connectivity index (χ2n) is 4.97. The minimum absolute atomic E-state index is 0.161. The molecule has 0 unspecified atom stereocenters. The van der Waals surface area contributed by atoms with Gasteiger partial charge in [0, 0.05) is 0 Å². The molecule has 0 aliphatic rings. The first-order valence-corrected chi connectivity index (χ1v) is 7.50. The molecule has 8 heteroatoms. The number of benzene rings is 2. The van der Waals surface area contributed by atoms with Crippen molar-refractivity contribution in [3.8, 4) is 11.4 Å². The van der Waals surface area contributed by atoms with E-state index < -0.39 is 0 Å². The molecule has 0 bridgehead atoms. The number of nitrogens with zero attached hydrogens (tertiary/aromatic N) is 4. The van der Waals surface area contributed by atoms with E-state index in [1.807, 2.05) is 24.3 Å². The number of para-hydroxylation sites is 1. The zero-order valence-corrected chi connectivity index (χ0v) is 13.6. The summed E-state index contributed by atoms with van der Waals surface area (Å²) in [5.74, 6) is 0.285. The maximum Gasteiger partial charge on any atom is 0.228 e. The van der Waals surface area contributed by atoms with Crippen LogP contribution in [-0.2, 0) is 11.2 Å². The standard InChI is InChI=1S/C16H14ClN5O2/c1-24-16-13(17)3-2-4-14(16)19-15(23)9-11-5-7-12(8-6-11)22-10-18-20-21-22/h2-8,10H,9H2,1H3,(H,19,23). The molecule has 0 radical (unpaired) electrons. The number of rotatable bonds is 5. The van der Waals surface area contributed by atoms with E-state index in [0.29, 0.717) is 16.5 Å². The topological polar surface area (TPSA) is 81.9 Å². The minimum atomic E-state index is -0.161. The lowest BCUT2D eigenvalue weighted by atomic mass is 10.1. The number of halogens is 1. The van der Waals surface area contributed by atoms with Crippen molar-refractivity contribution in [3.05, 3.63) is 59.4 Å². The third-order valence-electron chi connectivity index (χ3n) is 3.36. The number of tetrazole rings is 1. The van der Waals surface area contributed by atoms with Gasteiger partial charge in [-0.05, 0) is 40.3 Å². The van der Waals surface area contributed by atoms with Gasteiger partial charge in [0.2, 0.25) is 5.91 Å². The van der Waals surface area contributed by atoms with Crippen LogP contribution in [0.25, 0.3) is 5.69 Å². The van der Waals surface area contributed by atoms with Gasteiger partial charge in [-0.25, -0.2) is 4.68 Å². The number of carbonyl (C=O) groups is 1. The highest BCUT2D eigenvalue weighted by molar-refractivity contribution is 6.32. The van der Waals surface area contributed by atoms with Crippen LogP contribution in [0.3, 0.4) is 0 Å². The van der Waals surface area contributed by atoms with E-state index in [9.17, 15) is 4.79 Å². The maximum absolute atomic E-state index is 12.2. The fourth-order valence-corrected chi connectivity index (χ4v) is 2.49. The summed E-state index contributed by atoms with van der Waals surface area (Å²) >= 11 is 6.04. The number of ether oxygens (including phenoxy) is 1. The Hall–Kier alpha value is -2.93. The first-order valence-electron chi connectivity index (χ1n) is 7.12. The van der Waals surface area contributed by atoms with E-state index in [1.54, 1.807) is 22.9 Å². The second-order valence-corrected chi connectivity index (χ2v) is 5.37. The number of hydrogen-bond acceptors (Lipinski definition) is 5. The molecular formula is C16H14ClN5O2. The van der Waals surface area contributed by atoms with Crippen molar-refractivity contribution >= 4 is 23.2 Å². The normalized spacial score (nSPS) is 10.4. The van der Waals surface area contributed by atoms with E-state index in [2.05, 4.69) is 20.8 Å². The van der Waals surface area contributed by atoms with Crippen LogP contribution in [0, 0.1) is 0 Å². The van der Waals surface area contributed by atoms with Crippen LogP contribution in [0.5, 0.6) is 5.75 Å². The summed E-state index contributed by atoms with van der Waals surface area (Å²) in [6, 6.07) is 12.6. The zero-order valence-electron chi connectivity index (χ0n) is 12.8. The molecule has 0 saturated heterocycles. The summed E-state index contributed by atoms with van der Waals surface area (Å²) in [7, 11) is 1.51. The summed E-state index contributed by atoms with van der Waals surface area (Å²) in [4.78, 5) is 12.2. The van der Waals surface area contributed by atoms with Gasteiger partial charge >= 0.3 is 0 Å². The maximum atomic E-state index is 12.2. The Labute approximate surface area is 143 Å². The Morgan fingerprint density at radius 1 is 1.25 bits per heavy atom. The molecule has 1 amide bonds. The van der Waals surface area contributed by atoms with Gasteiger partial charge < -0.3 is 10.1 Å². The van der Waals surface area contributed by atoms with Gasteiger partial charge in [0.25, 0.3) is 0 Å². The van der Waals surface area contributed by atoms with E-state index >= 15 is 0 Å². The van der Waals surface area contributed by atoms with Crippen molar-refractivity contribution in [2.75, 3.05) is 12.4 Å².